The van der Waals surface area contributed by atoms with Gasteiger partial charge in [-0.2, -0.15) is 0 Å². The number of imide groups is 1. The third-order valence-electron chi connectivity index (χ3n) is 5.13. The molecule has 3 atom stereocenters. The number of aliphatic carboxylic acids is 1. The van der Waals surface area contributed by atoms with Gasteiger partial charge in [-0.1, -0.05) is 20.8 Å². The van der Waals surface area contributed by atoms with Crippen LogP contribution in [0.1, 0.15) is 46.5 Å². The highest BCUT2D eigenvalue weighted by Crippen LogP contribution is 2.46. The maximum absolute atomic E-state index is 13.0. The first-order valence-corrected chi connectivity index (χ1v) is 9.12. The molecule has 0 radical (unpaired) electrons. The molecule has 28 heavy (non-hydrogen) atoms. The van der Waals surface area contributed by atoms with E-state index in [-0.39, 0.29) is 11.3 Å². The van der Waals surface area contributed by atoms with Gasteiger partial charge in [-0.15, -0.1) is 0 Å². The van der Waals surface area contributed by atoms with E-state index < -0.39 is 54.3 Å². The van der Waals surface area contributed by atoms with Crippen molar-refractivity contribution in [3.8, 4) is 0 Å². The van der Waals surface area contributed by atoms with E-state index in [1.165, 1.54) is 0 Å². The predicted octanol–water partition coefficient (Wildman–Crippen LogP) is 0.256. The zero-order valence-electron chi connectivity index (χ0n) is 16.5. The van der Waals surface area contributed by atoms with Crippen molar-refractivity contribution in [1.82, 2.24) is 15.5 Å². The van der Waals surface area contributed by atoms with Crippen LogP contribution in [0.4, 0.5) is 4.79 Å². The Hall–Kier alpha value is -2.65. The number of esters is 1. The summed E-state index contributed by atoms with van der Waals surface area (Å²) in [5.41, 5.74) is -1.18. The fourth-order valence-corrected chi connectivity index (χ4v) is 4.54. The van der Waals surface area contributed by atoms with E-state index in [9.17, 15) is 24.0 Å². The number of hydrogen-bond donors (Lipinski definition) is 3. The Labute approximate surface area is 163 Å². The first kappa shape index (κ1) is 21.6. The van der Waals surface area contributed by atoms with Crippen LogP contribution in [-0.4, -0.2) is 65.0 Å². The van der Waals surface area contributed by atoms with Gasteiger partial charge in [0.15, 0.2) is 0 Å². The lowest BCUT2D eigenvalue weighted by Gasteiger charge is -2.43. The van der Waals surface area contributed by atoms with Crippen molar-refractivity contribution in [2.75, 3.05) is 13.7 Å². The normalized spacial score (nSPS) is 27.3. The minimum absolute atomic E-state index is 0.143. The van der Waals surface area contributed by atoms with Crippen LogP contribution in [0.2, 0.25) is 0 Å². The molecule has 10 heteroatoms. The molecule has 1 aliphatic carbocycles. The minimum atomic E-state index is -1.40. The molecule has 2 aliphatic rings. The molecule has 0 bridgehead atoms. The molecule has 0 aromatic rings. The van der Waals surface area contributed by atoms with Crippen molar-refractivity contribution in [3.63, 3.8) is 0 Å². The molecular formula is C18H27N3O7. The number of nitrogens with zero attached hydrogens (tertiary/aromatic N) is 1. The summed E-state index contributed by atoms with van der Waals surface area (Å²) in [6.45, 7) is 5.48. The molecule has 0 aromatic heterocycles. The van der Waals surface area contributed by atoms with Gasteiger partial charge in [0, 0.05) is 0 Å². The Morgan fingerprint density at radius 3 is 2.50 bits per heavy atom. The maximum atomic E-state index is 13.0. The van der Waals surface area contributed by atoms with E-state index in [0.29, 0.717) is 12.8 Å². The molecule has 2 unspecified atom stereocenters. The highest BCUT2D eigenvalue weighted by molar-refractivity contribution is 6.09. The molecule has 3 N–H and O–H groups in total. The van der Waals surface area contributed by atoms with Gasteiger partial charge in [0.05, 0.1) is 13.5 Å². The molecule has 10 nitrogen and oxygen atoms in total. The van der Waals surface area contributed by atoms with E-state index in [4.69, 9.17) is 5.11 Å². The minimum Gasteiger partial charge on any atom is -0.481 e. The van der Waals surface area contributed by atoms with Crippen LogP contribution in [-0.2, 0) is 23.9 Å². The Bertz CT molecular complexity index is 705. The third kappa shape index (κ3) is 4.60. The summed E-state index contributed by atoms with van der Waals surface area (Å²) in [4.78, 5) is 61.0. The Morgan fingerprint density at radius 1 is 1.32 bits per heavy atom. The van der Waals surface area contributed by atoms with Crippen LogP contribution in [0.5, 0.6) is 0 Å². The molecule has 1 aliphatic heterocycles. The molecule has 1 saturated heterocycles. The second kappa shape index (κ2) is 7.76. The van der Waals surface area contributed by atoms with Gasteiger partial charge < -0.3 is 20.5 Å². The zero-order chi connectivity index (χ0) is 21.3. The summed E-state index contributed by atoms with van der Waals surface area (Å²) in [5, 5.41) is 13.8. The monoisotopic (exact) mass is 397 g/mol. The maximum Gasteiger partial charge on any atom is 0.328 e. The molecule has 0 aromatic carbocycles. The standard InChI is InChI=1S/C18H27N3O7/c1-10-6-17(2,3)9-18(7-10)15(26)21(16(27)20-18)8-12(22)19-11(5-13(23)24)14(25)28-4/h10-11H,5-9H2,1-4H3,(H,19,22)(H,20,27)(H,23,24)/t10?,11-,18?/m0/s1. The lowest BCUT2D eigenvalue weighted by Crippen LogP contribution is -2.54. The van der Waals surface area contributed by atoms with Crippen LogP contribution in [0.25, 0.3) is 0 Å². The van der Waals surface area contributed by atoms with Gasteiger partial charge in [0.1, 0.15) is 18.1 Å². The number of carboxylic acids is 1. The molecule has 1 saturated carbocycles. The second-order valence-electron chi connectivity index (χ2n) is 8.50. The summed E-state index contributed by atoms with van der Waals surface area (Å²) >= 11 is 0. The van der Waals surface area contributed by atoms with Crippen molar-refractivity contribution in [2.45, 2.75) is 58.0 Å². The number of ether oxygens (including phenoxy) is 1. The van der Waals surface area contributed by atoms with E-state index in [2.05, 4.69) is 15.4 Å². The number of carbonyl (C=O) groups excluding carboxylic acids is 4. The molecule has 4 amide bonds. The lowest BCUT2D eigenvalue weighted by atomic mass is 9.64. The summed E-state index contributed by atoms with van der Waals surface area (Å²) in [7, 11) is 1.07. The number of hydrogen-bond acceptors (Lipinski definition) is 6. The largest absolute Gasteiger partial charge is 0.481 e. The highest BCUT2D eigenvalue weighted by Gasteiger charge is 2.56. The van der Waals surface area contributed by atoms with Crippen LogP contribution >= 0.6 is 0 Å². The summed E-state index contributed by atoms with van der Waals surface area (Å²) in [6, 6.07) is -2.07. The number of methoxy groups -OCH3 is 1. The summed E-state index contributed by atoms with van der Waals surface area (Å²) < 4.78 is 4.47. The Morgan fingerprint density at radius 2 is 1.96 bits per heavy atom. The molecule has 2 rings (SSSR count). The van der Waals surface area contributed by atoms with Crippen LogP contribution in [0.3, 0.4) is 0 Å². The lowest BCUT2D eigenvalue weighted by molar-refractivity contribution is -0.149. The van der Waals surface area contributed by atoms with Crippen LogP contribution < -0.4 is 10.6 Å². The van der Waals surface area contributed by atoms with Gasteiger partial charge in [-0.05, 0) is 30.6 Å². The van der Waals surface area contributed by atoms with E-state index in [1.54, 1.807) is 0 Å². The fourth-order valence-electron chi connectivity index (χ4n) is 4.54. The first-order valence-electron chi connectivity index (χ1n) is 9.12. The molecule has 2 fully saturated rings. The molecule has 156 valence electrons. The van der Waals surface area contributed by atoms with E-state index in [0.717, 1.165) is 18.4 Å². The Kier molecular flexibility index (Phi) is 6.00. The van der Waals surface area contributed by atoms with Gasteiger partial charge >= 0.3 is 18.0 Å². The van der Waals surface area contributed by atoms with Crippen LogP contribution in [0, 0.1) is 11.3 Å². The van der Waals surface area contributed by atoms with Crippen molar-refractivity contribution in [2.24, 2.45) is 11.3 Å². The number of carboxylic acid groups (broad SMARTS) is 1. The average molecular weight is 397 g/mol. The smallest absolute Gasteiger partial charge is 0.328 e. The summed E-state index contributed by atoms with van der Waals surface area (Å²) in [5.74, 6) is -3.29. The Balaban J connectivity index is 2.10. The topological polar surface area (TPSA) is 142 Å². The molecule has 1 heterocycles. The number of carbonyl (C=O) groups is 5. The number of rotatable bonds is 6. The fraction of sp³-hybridized carbons (Fsp3) is 0.722. The average Bonchev–Trinajstić information content (AvgIpc) is 2.74. The van der Waals surface area contributed by atoms with Crippen molar-refractivity contribution < 1.29 is 33.8 Å². The molecule has 1 spiro atoms. The van der Waals surface area contributed by atoms with Crippen LogP contribution in [0.15, 0.2) is 0 Å². The summed E-state index contributed by atoms with van der Waals surface area (Å²) in [6.07, 6.45) is 1.21. The quantitative estimate of drug-likeness (QED) is 0.431. The third-order valence-corrected chi connectivity index (χ3v) is 5.13. The number of amides is 4. The van der Waals surface area contributed by atoms with E-state index >= 15 is 0 Å². The SMILES string of the molecule is COC(=O)[C@H](CC(=O)O)NC(=O)CN1C(=O)NC2(CC(C)CC(C)(C)C2)C1=O. The van der Waals surface area contributed by atoms with Gasteiger partial charge in [0.2, 0.25) is 5.91 Å². The number of urea groups is 1. The first-order chi connectivity index (χ1) is 12.9. The van der Waals surface area contributed by atoms with E-state index in [1.807, 2.05) is 20.8 Å². The second-order valence-corrected chi connectivity index (χ2v) is 8.50. The van der Waals surface area contributed by atoms with Crippen molar-refractivity contribution in [3.05, 3.63) is 0 Å². The van der Waals surface area contributed by atoms with Crippen molar-refractivity contribution in [1.29, 1.82) is 0 Å². The highest BCUT2D eigenvalue weighted by atomic mass is 16.5. The zero-order valence-corrected chi connectivity index (χ0v) is 16.5. The van der Waals surface area contributed by atoms with Gasteiger partial charge in [-0.25, -0.2) is 9.59 Å². The number of nitrogens with one attached hydrogen (secondary N) is 2. The molecular weight excluding hydrogens is 370 g/mol. The van der Waals surface area contributed by atoms with Crippen molar-refractivity contribution >= 4 is 29.8 Å². The predicted molar refractivity (Wildman–Crippen MR) is 96.0 cm³/mol. The van der Waals surface area contributed by atoms with Gasteiger partial charge in [-0.3, -0.25) is 19.3 Å². The van der Waals surface area contributed by atoms with Gasteiger partial charge in [0.25, 0.3) is 5.91 Å².